The number of H-pyrrole nitrogens is 1. The molecule has 0 aliphatic heterocycles. The number of benzene rings is 1. The number of fused-ring (bicyclic) bond motifs is 1. The highest BCUT2D eigenvalue weighted by Crippen LogP contribution is 2.33. The molecule has 0 radical (unpaired) electrons. The van der Waals surface area contributed by atoms with Crippen LogP contribution >= 0.6 is 12.2 Å². The minimum Gasteiger partial charge on any atom is -0.330 e. The molecule has 2 nitrogen and oxygen atoms in total. The Balaban J connectivity index is 2.77. The van der Waals surface area contributed by atoms with Crippen LogP contribution in [-0.4, -0.2) is 9.55 Å². The van der Waals surface area contributed by atoms with Crippen molar-refractivity contribution < 1.29 is 4.39 Å². The molecular weight excluding hydrogens is 247 g/mol. The number of halogens is 1. The van der Waals surface area contributed by atoms with E-state index in [-0.39, 0.29) is 11.4 Å². The van der Waals surface area contributed by atoms with Crippen LogP contribution in [0.25, 0.3) is 11.0 Å². The van der Waals surface area contributed by atoms with Gasteiger partial charge in [0, 0.05) is 5.54 Å². The first-order valence-electron chi connectivity index (χ1n) is 6.48. The zero-order chi connectivity index (χ0) is 13.3. The van der Waals surface area contributed by atoms with Crippen molar-refractivity contribution in [2.45, 2.75) is 45.6 Å². The van der Waals surface area contributed by atoms with Crippen LogP contribution in [0.1, 0.15) is 40.0 Å². The molecule has 98 valence electrons. The van der Waals surface area contributed by atoms with Crippen molar-refractivity contribution in [2.24, 2.45) is 0 Å². The normalized spacial score (nSPS) is 12.2. The molecule has 0 aliphatic rings. The Labute approximate surface area is 112 Å². The van der Waals surface area contributed by atoms with Gasteiger partial charge in [-0.25, -0.2) is 4.39 Å². The van der Waals surface area contributed by atoms with Crippen LogP contribution in [0.2, 0.25) is 0 Å². The summed E-state index contributed by atoms with van der Waals surface area (Å²) >= 11 is 5.43. The van der Waals surface area contributed by atoms with Crippen molar-refractivity contribution in [3.63, 3.8) is 0 Å². The van der Waals surface area contributed by atoms with E-state index in [0.29, 0.717) is 4.77 Å². The molecule has 1 aromatic carbocycles. The first kappa shape index (κ1) is 13.3. The summed E-state index contributed by atoms with van der Waals surface area (Å²) in [5.41, 5.74) is 1.79. The van der Waals surface area contributed by atoms with Gasteiger partial charge in [-0.1, -0.05) is 20.8 Å². The van der Waals surface area contributed by atoms with E-state index >= 15 is 0 Å². The van der Waals surface area contributed by atoms with E-state index in [2.05, 4.69) is 30.3 Å². The molecule has 2 rings (SSSR count). The summed E-state index contributed by atoms with van der Waals surface area (Å²) in [7, 11) is 0. The van der Waals surface area contributed by atoms with Crippen molar-refractivity contribution in [1.82, 2.24) is 9.55 Å². The molecule has 0 saturated carbocycles. The smallest absolute Gasteiger partial charge is 0.178 e. The van der Waals surface area contributed by atoms with Gasteiger partial charge in [0.1, 0.15) is 5.82 Å². The van der Waals surface area contributed by atoms with E-state index in [9.17, 15) is 4.39 Å². The van der Waals surface area contributed by atoms with Gasteiger partial charge in [-0.05, 0) is 49.7 Å². The first-order valence-corrected chi connectivity index (χ1v) is 6.89. The molecule has 0 amide bonds. The third-order valence-electron chi connectivity index (χ3n) is 4.09. The van der Waals surface area contributed by atoms with E-state index in [1.807, 2.05) is 6.07 Å². The molecule has 1 heterocycles. The maximum Gasteiger partial charge on any atom is 0.178 e. The average Bonchev–Trinajstić information content (AvgIpc) is 2.69. The minimum absolute atomic E-state index is 0.0210. The highest BCUT2D eigenvalue weighted by atomic mass is 32.1. The van der Waals surface area contributed by atoms with Crippen LogP contribution in [0.15, 0.2) is 18.2 Å². The molecule has 1 aromatic heterocycles. The molecular formula is C14H19FN2S. The van der Waals surface area contributed by atoms with E-state index < -0.39 is 0 Å². The van der Waals surface area contributed by atoms with Gasteiger partial charge in [0.15, 0.2) is 4.77 Å². The van der Waals surface area contributed by atoms with Gasteiger partial charge < -0.3 is 9.55 Å². The lowest BCUT2D eigenvalue weighted by molar-refractivity contribution is 0.255. The number of imidazole rings is 1. The zero-order valence-corrected chi connectivity index (χ0v) is 11.9. The SMILES string of the molecule is CCC(CC)(CC)n1c(=S)[nH]c2cc(F)ccc21. The number of nitrogens with one attached hydrogen (secondary N) is 1. The number of hydrogen-bond acceptors (Lipinski definition) is 1. The second kappa shape index (κ2) is 4.84. The number of hydrogen-bond donors (Lipinski definition) is 1. The Morgan fingerprint density at radius 3 is 2.39 bits per heavy atom. The first-order chi connectivity index (χ1) is 8.57. The van der Waals surface area contributed by atoms with E-state index in [4.69, 9.17) is 12.2 Å². The summed E-state index contributed by atoms with van der Waals surface area (Å²) in [5, 5.41) is 0. The third kappa shape index (κ3) is 1.88. The van der Waals surface area contributed by atoms with Crippen LogP contribution in [0.4, 0.5) is 4.39 Å². The molecule has 2 aromatic rings. The Morgan fingerprint density at radius 2 is 1.83 bits per heavy atom. The number of aromatic nitrogens is 2. The summed E-state index contributed by atoms with van der Waals surface area (Å²) in [4.78, 5) is 3.11. The van der Waals surface area contributed by atoms with Gasteiger partial charge in [0.05, 0.1) is 11.0 Å². The molecule has 0 fully saturated rings. The van der Waals surface area contributed by atoms with Gasteiger partial charge in [-0.15, -0.1) is 0 Å². The number of nitrogens with zero attached hydrogens (tertiary/aromatic N) is 1. The number of aromatic amines is 1. The summed E-state index contributed by atoms with van der Waals surface area (Å²) in [6.07, 6.45) is 3.04. The van der Waals surface area contributed by atoms with Crippen LogP contribution in [0, 0.1) is 10.6 Å². The standard InChI is InChI=1S/C14H19FN2S/c1-4-14(5-2,6-3)17-12-8-7-10(15)9-11(12)16-13(17)18/h7-9H,4-6H2,1-3H3,(H,16,18). The molecule has 0 atom stereocenters. The Morgan fingerprint density at radius 1 is 1.22 bits per heavy atom. The van der Waals surface area contributed by atoms with Crippen LogP contribution in [-0.2, 0) is 5.54 Å². The largest absolute Gasteiger partial charge is 0.330 e. The van der Waals surface area contributed by atoms with Crippen molar-refractivity contribution in [3.8, 4) is 0 Å². The van der Waals surface area contributed by atoms with Gasteiger partial charge in [0.2, 0.25) is 0 Å². The van der Waals surface area contributed by atoms with E-state index in [0.717, 1.165) is 30.3 Å². The molecule has 0 bridgehead atoms. The Kier molecular flexibility index (Phi) is 3.57. The third-order valence-corrected chi connectivity index (χ3v) is 4.38. The van der Waals surface area contributed by atoms with Crippen molar-refractivity contribution in [3.05, 3.63) is 28.8 Å². The minimum atomic E-state index is -0.235. The summed E-state index contributed by atoms with van der Waals surface area (Å²) in [6, 6.07) is 4.81. The van der Waals surface area contributed by atoms with Gasteiger partial charge in [-0.3, -0.25) is 0 Å². The van der Waals surface area contributed by atoms with Crippen LogP contribution < -0.4 is 0 Å². The lowest BCUT2D eigenvalue weighted by Gasteiger charge is -2.33. The fraction of sp³-hybridized carbons (Fsp3) is 0.500. The van der Waals surface area contributed by atoms with Crippen molar-refractivity contribution in [2.75, 3.05) is 0 Å². The predicted octanol–water partition coefficient (Wildman–Crippen LogP) is 4.76. The quantitative estimate of drug-likeness (QED) is 0.791. The molecule has 18 heavy (non-hydrogen) atoms. The second-order valence-electron chi connectivity index (χ2n) is 4.71. The topological polar surface area (TPSA) is 20.7 Å². The Hall–Kier alpha value is -1.16. The lowest BCUT2D eigenvalue weighted by atomic mass is 9.89. The van der Waals surface area contributed by atoms with E-state index in [1.165, 1.54) is 12.1 Å². The molecule has 0 aliphatic carbocycles. The van der Waals surface area contributed by atoms with Crippen LogP contribution in [0.5, 0.6) is 0 Å². The molecule has 1 N–H and O–H groups in total. The van der Waals surface area contributed by atoms with Crippen molar-refractivity contribution in [1.29, 1.82) is 0 Å². The summed E-state index contributed by atoms with van der Waals surface area (Å²) in [5.74, 6) is -0.235. The van der Waals surface area contributed by atoms with Crippen LogP contribution in [0.3, 0.4) is 0 Å². The monoisotopic (exact) mass is 266 g/mol. The van der Waals surface area contributed by atoms with E-state index in [1.54, 1.807) is 0 Å². The summed E-state index contributed by atoms with van der Waals surface area (Å²) < 4.78 is 16.1. The molecule has 4 heteroatoms. The molecule has 0 saturated heterocycles. The zero-order valence-electron chi connectivity index (χ0n) is 11.1. The summed E-state index contributed by atoms with van der Waals surface area (Å²) in [6.45, 7) is 6.53. The Bertz CT molecular complexity index is 600. The van der Waals surface area contributed by atoms with Crippen molar-refractivity contribution >= 4 is 23.3 Å². The molecule has 0 spiro atoms. The highest BCUT2D eigenvalue weighted by molar-refractivity contribution is 7.71. The number of rotatable bonds is 4. The lowest BCUT2D eigenvalue weighted by Crippen LogP contribution is -2.31. The fourth-order valence-electron chi connectivity index (χ4n) is 2.78. The fourth-order valence-corrected chi connectivity index (χ4v) is 3.18. The molecule has 0 unspecified atom stereocenters. The maximum absolute atomic E-state index is 13.3. The maximum atomic E-state index is 13.3. The van der Waals surface area contributed by atoms with Gasteiger partial charge in [0.25, 0.3) is 0 Å². The second-order valence-corrected chi connectivity index (χ2v) is 5.10. The van der Waals surface area contributed by atoms with Gasteiger partial charge >= 0.3 is 0 Å². The van der Waals surface area contributed by atoms with Gasteiger partial charge in [-0.2, -0.15) is 0 Å². The predicted molar refractivity (Wildman–Crippen MR) is 75.9 cm³/mol. The average molecular weight is 266 g/mol. The highest BCUT2D eigenvalue weighted by Gasteiger charge is 2.28.